The quantitative estimate of drug-likeness (QED) is 0.703. The van der Waals surface area contributed by atoms with Gasteiger partial charge in [0.1, 0.15) is 10.7 Å². The molecule has 1 aliphatic carbocycles. The van der Waals surface area contributed by atoms with Gasteiger partial charge in [-0.05, 0) is 51.2 Å². The van der Waals surface area contributed by atoms with E-state index in [1.54, 1.807) is 11.3 Å². The summed E-state index contributed by atoms with van der Waals surface area (Å²) in [6.45, 7) is 4.74. The number of fused-ring (bicyclic) bond motifs is 3. The summed E-state index contributed by atoms with van der Waals surface area (Å²) < 4.78 is 1.83. The van der Waals surface area contributed by atoms with Crippen molar-refractivity contribution in [2.45, 2.75) is 46.1 Å². The van der Waals surface area contributed by atoms with Gasteiger partial charge in [-0.25, -0.2) is 4.98 Å². The first-order valence-corrected chi connectivity index (χ1v) is 9.13. The molecule has 0 amide bonds. The fourth-order valence-electron chi connectivity index (χ4n) is 3.54. The molecule has 0 unspecified atom stereocenters. The summed E-state index contributed by atoms with van der Waals surface area (Å²) in [6.07, 6.45) is 4.54. The number of benzene rings is 1. The van der Waals surface area contributed by atoms with Crippen molar-refractivity contribution in [3.63, 3.8) is 0 Å². The zero-order valence-electron chi connectivity index (χ0n) is 13.6. The van der Waals surface area contributed by atoms with Gasteiger partial charge in [0.2, 0.25) is 0 Å². The van der Waals surface area contributed by atoms with Crippen LogP contribution in [0.3, 0.4) is 0 Å². The van der Waals surface area contributed by atoms with Crippen LogP contribution in [0.15, 0.2) is 29.1 Å². The molecule has 0 saturated carbocycles. The van der Waals surface area contributed by atoms with Gasteiger partial charge >= 0.3 is 0 Å². The average molecular weight is 324 g/mol. The van der Waals surface area contributed by atoms with Crippen molar-refractivity contribution in [2.24, 2.45) is 0 Å². The molecule has 3 nitrogen and oxygen atoms in total. The molecule has 1 aliphatic rings. The third kappa shape index (κ3) is 2.32. The molecule has 23 heavy (non-hydrogen) atoms. The number of thiophene rings is 1. The van der Waals surface area contributed by atoms with Gasteiger partial charge in [0.15, 0.2) is 0 Å². The van der Waals surface area contributed by atoms with E-state index in [2.05, 4.69) is 19.1 Å². The molecule has 118 valence electrons. The lowest BCUT2D eigenvalue weighted by molar-refractivity contribution is 0.696. The molecule has 1 aromatic carbocycles. The first-order chi connectivity index (χ1) is 11.2. The SMILES string of the molecule is CCn1c(-c2cccc(C)c2)nc2sc3c(c2c1=O)CCCC3. The van der Waals surface area contributed by atoms with Crippen molar-refractivity contribution in [1.82, 2.24) is 9.55 Å². The van der Waals surface area contributed by atoms with E-state index in [1.165, 1.54) is 28.8 Å². The van der Waals surface area contributed by atoms with Crippen LogP contribution in [0.2, 0.25) is 0 Å². The van der Waals surface area contributed by atoms with E-state index < -0.39 is 0 Å². The molecule has 3 aromatic rings. The number of hydrogen-bond donors (Lipinski definition) is 0. The molecule has 0 atom stereocenters. The third-order valence-electron chi connectivity index (χ3n) is 4.67. The lowest BCUT2D eigenvalue weighted by Gasteiger charge is -2.12. The second-order valence-electron chi connectivity index (χ2n) is 6.25. The zero-order valence-corrected chi connectivity index (χ0v) is 14.4. The minimum atomic E-state index is 0.133. The second kappa shape index (κ2) is 5.60. The van der Waals surface area contributed by atoms with Crippen LogP contribution in [0.5, 0.6) is 0 Å². The Morgan fingerprint density at radius 2 is 2.09 bits per heavy atom. The molecule has 4 heteroatoms. The number of hydrogen-bond acceptors (Lipinski definition) is 3. The molecule has 0 spiro atoms. The summed E-state index contributed by atoms with van der Waals surface area (Å²) >= 11 is 1.72. The highest BCUT2D eigenvalue weighted by atomic mass is 32.1. The largest absolute Gasteiger partial charge is 0.292 e. The van der Waals surface area contributed by atoms with Crippen LogP contribution in [-0.2, 0) is 19.4 Å². The van der Waals surface area contributed by atoms with Gasteiger partial charge in [0.25, 0.3) is 5.56 Å². The first-order valence-electron chi connectivity index (χ1n) is 8.31. The highest BCUT2D eigenvalue weighted by Gasteiger charge is 2.22. The molecule has 2 heterocycles. The minimum Gasteiger partial charge on any atom is -0.292 e. The summed E-state index contributed by atoms with van der Waals surface area (Å²) in [6, 6.07) is 8.24. The molecular formula is C19H20N2OS. The lowest BCUT2D eigenvalue weighted by atomic mass is 9.97. The summed E-state index contributed by atoms with van der Waals surface area (Å²) in [4.78, 5) is 20.3. The smallest absolute Gasteiger partial charge is 0.262 e. The maximum Gasteiger partial charge on any atom is 0.262 e. The highest BCUT2D eigenvalue weighted by Crippen LogP contribution is 2.34. The van der Waals surface area contributed by atoms with Gasteiger partial charge in [-0.3, -0.25) is 9.36 Å². The first kappa shape index (κ1) is 14.6. The maximum absolute atomic E-state index is 13.1. The van der Waals surface area contributed by atoms with Crippen LogP contribution in [0.25, 0.3) is 21.6 Å². The zero-order chi connectivity index (χ0) is 16.0. The third-order valence-corrected chi connectivity index (χ3v) is 5.85. The van der Waals surface area contributed by atoms with Crippen molar-refractivity contribution in [2.75, 3.05) is 0 Å². The normalized spacial score (nSPS) is 14.2. The van der Waals surface area contributed by atoms with Crippen LogP contribution in [0.1, 0.15) is 35.8 Å². The van der Waals surface area contributed by atoms with Crippen molar-refractivity contribution in [3.8, 4) is 11.4 Å². The molecular weight excluding hydrogens is 304 g/mol. The lowest BCUT2D eigenvalue weighted by Crippen LogP contribution is -2.23. The van der Waals surface area contributed by atoms with Crippen LogP contribution in [0, 0.1) is 6.92 Å². The van der Waals surface area contributed by atoms with Crippen LogP contribution >= 0.6 is 11.3 Å². The Balaban J connectivity index is 2.04. The topological polar surface area (TPSA) is 34.9 Å². The van der Waals surface area contributed by atoms with Gasteiger partial charge < -0.3 is 0 Å². The summed E-state index contributed by atoms with van der Waals surface area (Å²) in [5.74, 6) is 0.798. The van der Waals surface area contributed by atoms with Gasteiger partial charge in [-0.2, -0.15) is 0 Å². The van der Waals surface area contributed by atoms with E-state index in [4.69, 9.17) is 4.98 Å². The van der Waals surface area contributed by atoms with E-state index in [1.807, 2.05) is 23.6 Å². The van der Waals surface area contributed by atoms with Crippen LogP contribution in [0.4, 0.5) is 0 Å². The Bertz CT molecular complexity index is 952. The Morgan fingerprint density at radius 3 is 2.87 bits per heavy atom. The van der Waals surface area contributed by atoms with E-state index in [0.29, 0.717) is 6.54 Å². The monoisotopic (exact) mass is 324 g/mol. The van der Waals surface area contributed by atoms with Crippen molar-refractivity contribution >= 4 is 21.6 Å². The predicted molar refractivity (Wildman–Crippen MR) is 96.4 cm³/mol. The number of aromatic nitrogens is 2. The molecule has 0 N–H and O–H groups in total. The number of rotatable bonds is 2. The Hall–Kier alpha value is -1.94. The molecule has 4 rings (SSSR count). The van der Waals surface area contributed by atoms with Crippen LogP contribution < -0.4 is 5.56 Å². The van der Waals surface area contributed by atoms with Crippen LogP contribution in [-0.4, -0.2) is 9.55 Å². The standard InChI is InChI=1S/C19H20N2OS/c1-3-21-17(13-8-6-7-12(2)11-13)20-18-16(19(21)22)14-9-4-5-10-15(14)23-18/h6-8,11H,3-5,9-10H2,1-2H3. The predicted octanol–water partition coefficient (Wildman–Crippen LogP) is 4.33. The molecule has 0 aliphatic heterocycles. The second-order valence-corrected chi connectivity index (χ2v) is 7.33. The van der Waals surface area contributed by atoms with Gasteiger partial charge in [-0.1, -0.05) is 23.8 Å². The molecule has 2 aromatic heterocycles. The Labute approximate surface area is 139 Å². The molecule has 0 bridgehead atoms. The van der Waals surface area contributed by atoms with E-state index >= 15 is 0 Å². The Kier molecular flexibility index (Phi) is 3.57. The van der Waals surface area contributed by atoms with Gasteiger partial charge in [0, 0.05) is 17.0 Å². The maximum atomic E-state index is 13.1. The molecule has 0 fully saturated rings. The van der Waals surface area contributed by atoms with Gasteiger partial charge in [-0.15, -0.1) is 11.3 Å². The number of aryl methyl sites for hydroxylation is 3. The molecule has 0 saturated heterocycles. The fourth-order valence-corrected chi connectivity index (χ4v) is 4.79. The van der Waals surface area contributed by atoms with Crippen molar-refractivity contribution < 1.29 is 0 Å². The molecule has 0 radical (unpaired) electrons. The summed E-state index contributed by atoms with van der Waals surface area (Å²) in [5, 5.41) is 0.878. The van der Waals surface area contributed by atoms with Crippen molar-refractivity contribution in [3.05, 3.63) is 50.6 Å². The van der Waals surface area contributed by atoms with Gasteiger partial charge in [0.05, 0.1) is 5.39 Å². The summed E-state index contributed by atoms with van der Waals surface area (Å²) in [7, 11) is 0. The Morgan fingerprint density at radius 1 is 1.26 bits per heavy atom. The summed E-state index contributed by atoms with van der Waals surface area (Å²) in [5.41, 5.74) is 3.61. The fraction of sp³-hybridized carbons (Fsp3) is 0.368. The van der Waals surface area contributed by atoms with Crippen molar-refractivity contribution in [1.29, 1.82) is 0 Å². The number of nitrogens with zero attached hydrogens (tertiary/aromatic N) is 2. The van der Waals surface area contributed by atoms with E-state index in [9.17, 15) is 4.79 Å². The van der Waals surface area contributed by atoms with E-state index in [0.717, 1.165) is 34.4 Å². The average Bonchev–Trinajstić information content (AvgIpc) is 2.93. The minimum absolute atomic E-state index is 0.133. The highest BCUT2D eigenvalue weighted by molar-refractivity contribution is 7.18. The van der Waals surface area contributed by atoms with E-state index in [-0.39, 0.29) is 5.56 Å².